The van der Waals surface area contributed by atoms with E-state index >= 15 is 0 Å². The molecule has 1 aliphatic carbocycles. The van der Waals surface area contributed by atoms with E-state index in [1.807, 2.05) is 0 Å². The highest BCUT2D eigenvalue weighted by Gasteiger charge is 2.14. The minimum Gasteiger partial charge on any atom is -0.0757 e. The van der Waals surface area contributed by atoms with Crippen LogP contribution in [0.4, 0.5) is 0 Å². The third-order valence-electron chi connectivity index (χ3n) is 8.06. The molecule has 0 aromatic heterocycles. The summed E-state index contributed by atoms with van der Waals surface area (Å²) in [5.41, 5.74) is 2.84. The van der Waals surface area contributed by atoms with E-state index in [-0.39, 0.29) is 0 Å². The molecule has 7 aromatic rings. The van der Waals surface area contributed by atoms with E-state index in [9.17, 15) is 0 Å². The lowest BCUT2D eigenvalue weighted by Gasteiger charge is -2.17. The molecule has 0 nitrogen and oxygen atoms in total. The Morgan fingerprint density at radius 1 is 0.417 bits per heavy atom. The summed E-state index contributed by atoms with van der Waals surface area (Å²) in [6.45, 7) is 0. The van der Waals surface area contributed by atoms with Gasteiger partial charge >= 0.3 is 0 Å². The number of hydrogen-bond acceptors (Lipinski definition) is 0. The van der Waals surface area contributed by atoms with E-state index < -0.39 is 0 Å². The van der Waals surface area contributed by atoms with Gasteiger partial charge in [0.1, 0.15) is 0 Å². The Kier molecular flexibility index (Phi) is 4.15. The molecule has 0 radical (unpaired) electrons. The van der Waals surface area contributed by atoms with Crippen LogP contribution in [0.3, 0.4) is 0 Å². The van der Waals surface area contributed by atoms with Gasteiger partial charge in [0, 0.05) is 0 Å². The normalized spacial score (nSPS) is 13.5. The zero-order chi connectivity index (χ0) is 23.6. The van der Waals surface area contributed by atoms with Gasteiger partial charge in [0.15, 0.2) is 0 Å². The van der Waals surface area contributed by atoms with Crippen LogP contribution in [0.5, 0.6) is 0 Å². The van der Waals surface area contributed by atoms with Crippen molar-refractivity contribution in [3.05, 3.63) is 131 Å². The number of fused-ring (bicyclic) bond motifs is 8. The molecule has 0 saturated heterocycles. The van der Waals surface area contributed by atoms with Gasteiger partial charge in [-0.1, -0.05) is 97.1 Å². The van der Waals surface area contributed by atoms with Crippen molar-refractivity contribution in [2.45, 2.75) is 12.8 Å². The maximum absolute atomic E-state index is 2.45. The van der Waals surface area contributed by atoms with Crippen molar-refractivity contribution in [2.24, 2.45) is 0 Å². The Hall–Kier alpha value is -4.42. The minimum absolute atomic E-state index is 1.07. The molecule has 168 valence electrons. The highest BCUT2D eigenvalue weighted by Crippen LogP contribution is 2.34. The molecule has 0 unspecified atom stereocenters. The van der Waals surface area contributed by atoms with Crippen molar-refractivity contribution in [2.75, 3.05) is 0 Å². The molecule has 0 atom stereocenters. The van der Waals surface area contributed by atoms with Crippen LogP contribution in [-0.4, -0.2) is 0 Å². The third-order valence-corrected chi connectivity index (χ3v) is 8.06. The second kappa shape index (κ2) is 7.54. The summed E-state index contributed by atoms with van der Waals surface area (Å²) < 4.78 is 0. The number of rotatable bonds is 1. The summed E-state index contributed by atoms with van der Waals surface area (Å²) in [7, 11) is 0. The first-order valence-electron chi connectivity index (χ1n) is 12.8. The fourth-order valence-electron chi connectivity index (χ4n) is 6.34. The van der Waals surface area contributed by atoms with Crippen molar-refractivity contribution in [3.8, 4) is 0 Å². The molecule has 0 spiro atoms. The standard InChI is InChI=1S/C36H24/c1-3-9-25-21-35-27(19-23(25)7-1)15-17-33-29(11-5-13-31(33)35)30-12-6-14-32-34(30)18-16-28-20-24-8-2-4-10-26(24)22-36(28)32/h1-5,7-11,13-22H,6,12H2. The largest absolute Gasteiger partial charge is 0.0757 e. The molecule has 0 heterocycles. The zero-order valence-electron chi connectivity index (χ0n) is 20.0. The van der Waals surface area contributed by atoms with Crippen LogP contribution >= 0.6 is 0 Å². The van der Waals surface area contributed by atoms with Gasteiger partial charge in [0.05, 0.1) is 0 Å². The Morgan fingerprint density at radius 3 is 1.81 bits per heavy atom. The van der Waals surface area contributed by atoms with Gasteiger partial charge in [0.25, 0.3) is 0 Å². The minimum atomic E-state index is 1.07. The molecular formula is C36H24. The summed E-state index contributed by atoms with van der Waals surface area (Å²) in [5, 5.41) is 16.0. The molecule has 0 saturated carbocycles. The van der Waals surface area contributed by atoms with Crippen LogP contribution in [0.25, 0.3) is 65.5 Å². The average Bonchev–Trinajstić information content (AvgIpc) is 2.94. The summed E-state index contributed by atoms with van der Waals surface area (Å²) in [6, 6.07) is 42.9. The Labute approximate surface area is 209 Å². The average molecular weight is 457 g/mol. The number of hydrogen-bond donors (Lipinski definition) is 0. The van der Waals surface area contributed by atoms with Crippen molar-refractivity contribution in [3.63, 3.8) is 0 Å². The highest BCUT2D eigenvalue weighted by atomic mass is 14.2. The Balaban J connectivity index is 1.45. The maximum Gasteiger partial charge on any atom is -0.00988 e. The molecule has 8 rings (SSSR count). The maximum atomic E-state index is 2.45. The first-order valence-corrected chi connectivity index (χ1v) is 12.8. The third kappa shape index (κ3) is 2.88. The predicted molar refractivity (Wildman–Crippen MR) is 156 cm³/mol. The molecule has 0 fully saturated rings. The predicted octanol–water partition coefficient (Wildman–Crippen LogP) is 8.23. The lowest BCUT2D eigenvalue weighted by molar-refractivity contribution is 1.08. The summed E-state index contributed by atoms with van der Waals surface area (Å²) >= 11 is 0. The van der Waals surface area contributed by atoms with Crippen LogP contribution in [-0.2, 0) is 0 Å². The molecule has 0 bridgehead atoms. The Morgan fingerprint density at radius 2 is 1.06 bits per heavy atom. The summed E-state index contributed by atoms with van der Waals surface area (Å²) in [4.78, 5) is 0. The van der Waals surface area contributed by atoms with Gasteiger partial charge in [-0.2, -0.15) is 0 Å². The van der Waals surface area contributed by atoms with E-state index in [0.717, 1.165) is 12.8 Å². The second-order valence-electron chi connectivity index (χ2n) is 10.1. The molecule has 0 N–H and O–H groups in total. The fraction of sp³-hybridized carbons (Fsp3) is 0.0556. The topological polar surface area (TPSA) is 0 Å². The monoisotopic (exact) mass is 456 g/mol. The van der Waals surface area contributed by atoms with Gasteiger partial charge in [-0.25, -0.2) is 0 Å². The zero-order valence-corrected chi connectivity index (χ0v) is 20.0. The molecule has 7 aromatic carbocycles. The van der Waals surface area contributed by atoms with Crippen LogP contribution in [0.15, 0.2) is 115 Å². The van der Waals surface area contributed by atoms with E-state index in [0.29, 0.717) is 0 Å². The van der Waals surface area contributed by atoms with Crippen LogP contribution in [0, 0.1) is 0 Å². The lowest BCUT2D eigenvalue weighted by atomic mass is 9.87. The molecule has 0 heteroatoms. The van der Waals surface area contributed by atoms with Crippen LogP contribution in [0.2, 0.25) is 0 Å². The summed E-state index contributed by atoms with van der Waals surface area (Å²) in [5.74, 6) is 0. The van der Waals surface area contributed by atoms with E-state index in [1.54, 1.807) is 0 Å². The molecular weight excluding hydrogens is 432 g/mol. The van der Waals surface area contributed by atoms with Crippen LogP contribution < -0.4 is 10.4 Å². The highest BCUT2D eigenvalue weighted by molar-refractivity contribution is 6.14. The van der Waals surface area contributed by atoms with E-state index in [1.165, 1.54) is 75.4 Å². The van der Waals surface area contributed by atoms with Crippen LogP contribution in [0.1, 0.15) is 18.4 Å². The van der Waals surface area contributed by atoms with Crippen molar-refractivity contribution in [1.82, 2.24) is 0 Å². The fourth-order valence-corrected chi connectivity index (χ4v) is 6.34. The second-order valence-corrected chi connectivity index (χ2v) is 10.1. The molecule has 1 aliphatic rings. The SMILES string of the molecule is C1=c2c(ccc3cc4ccccc4cc23)=C(c2cccc3c2ccc2cc4ccccc4cc23)CC1. The Bertz CT molecular complexity index is 2140. The smallest absolute Gasteiger partial charge is 0.00988 e. The lowest BCUT2D eigenvalue weighted by Crippen LogP contribution is -2.30. The van der Waals surface area contributed by atoms with Gasteiger partial charge in [-0.05, 0) is 113 Å². The first-order chi connectivity index (χ1) is 17.8. The van der Waals surface area contributed by atoms with Gasteiger partial charge in [0.2, 0.25) is 0 Å². The molecule has 0 aliphatic heterocycles. The summed E-state index contributed by atoms with van der Waals surface area (Å²) in [6.07, 6.45) is 4.59. The quantitative estimate of drug-likeness (QED) is 0.172. The van der Waals surface area contributed by atoms with Gasteiger partial charge < -0.3 is 0 Å². The molecule has 0 amide bonds. The molecule has 36 heavy (non-hydrogen) atoms. The number of benzene rings is 7. The van der Waals surface area contributed by atoms with Crippen molar-refractivity contribution < 1.29 is 0 Å². The van der Waals surface area contributed by atoms with E-state index in [2.05, 4.69) is 121 Å². The van der Waals surface area contributed by atoms with Crippen molar-refractivity contribution >= 4 is 65.5 Å². The van der Waals surface area contributed by atoms with Crippen molar-refractivity contribution in [1.29, 1.82) is 0 Å². The van der Waals surface area contributed by atoms with E-state index in [4.69, 9.17) is 0 Å². The van der Waals surface area contributed by atoms with Gasteiger partial charge in [-0.15, -0.1) is 0 Å². The first kappa shape index (κ1) is 19.8. The van der Waals surface area contributed by atoms with Gasteiger partial charge in [-0.3, -0.25) is 0 Å².